The lowest BCUT2D eigenvalue weighted by Gasteiger charge is -2.48. The first-order valence-electron chi connectivity index (χ1n) is 36.6. The summed E-state index contributed by atoms with van der Waals surface area (Å²) in [5.41, 5.74) is 3.04. The standard InChI is InChI=1S/C84H107NO21/c1-52-27-23-20-18-16-14-12-13-15-17-19-21-26-30-63(101-82-76(91)74(85-71(88)45-56-28-24-22-25-29-56)77(55(4)99-82)105-78(92)57-31-37-60(38-32-57)83(5,6)7)47-70-73(79(93)96-10)68(87)51-84(97-11,106-70)50-66-48-69(104-81(103-66)59-35-41-62(95-9)42-36-59)67(86)44-43-64-46-65(49-72(89)98-54(3)53(2)75(52)90)102-80(100-64)58-33-39-61(94-8)40-34-58/h12-42,52-55,63-70,73-77,80-82,86-87,90-91H,43-51H2,1-11H3,(H,85,88)/b13-12+,16-14+,17-15+,20-18+,21-19+,27-23+,30-26+/t52-,53-,54-,55+,63-,64+,65+,66-,67+,68-,69+,70-,73+,74+,75+,76-,77+,80?,81?,82-,84+/m0/s1. The summed E-state index contributed by atoms with van der Waals surface area (Å²) in [6, 6.07) is 29.2. The summed E-state index contributed by atoms with van der Waals surface area (Å²) in [4.78, 5) is 56.1. The van der Waals surface area contributed by atoms with Crippen molar-refractivity contribution in [3.63, 3.8) is 0 Å². The van der Waals surface area contributed by atoms with Crippen LogP contribution >= 0.6 is 0 Å². The number of hydrogen-bond acceptors (Lipinski definition) is 21. The van der Waals surface area contributed by atoms with Crippen molar-refractivity contribution >= 4 is 23.8 Å². The van der Waals surface area contributed by atoms with Gasteiger partial charge in [0.25, 0.3) is 0 Å². The molecule has 2 unspecified atom stereocenters. The van der Waals surface area contributed by atoms with Gasteiger partial charge in [-0.15, -0.1) is 0 Å². The maximum atomic E-state index is 14.1. The van der Waals surface area contributed by atoms with Crippen LogP contribution in [0.4, 0.5) is 0 Å². The Morgan fingerprint density at radius 2 is 1.16 bits per heavy atom. The van der Waals surface area contributed by atoms with E-state index >= 15 is 0 Å². The predicted molar refractivity (Wildman–Crippen MR) is 396 cm³/mol. The largest absolute Gasteiger partial charge is 0.497 e. The molecule has 5 heterocycles. The van der Waals surface area contributed by atoms with Crippen LogP contribution in [0.15, 0.2) is 188 Å². The summed E-state index contributed by atoms with van der Waals surface area (Å²) < 4.78 is 81.8. The Bertz CT molecular complexity index is 3660. The van der Waals surface area contributed by atoms with Gasteiger partial charge in [0.05, 0.1) is 107 Å². The van der Waals surface area contributed by atoms with Gasteiger partial charge in [-0.1, -0.05) is 186 Å². The molecule has 22 nitrogen and oxygen atoms in total. The Morgan fingerprint density at radius 1 is 0.585 bits per heavy atom. The van der Waals surface area contributed by atoms with Gasteiger partial charge in [0.2, 0.25) is 5.91 Å². The molecule has 6 bridgehead atoms. The number of methoxy groups -OCH3 is 4. The van der Waals surface area contributed by atoms with E-state index in [1.54, 1.807) is 113 Å². The van der Waals surface area contributed by atoms with Crippen molar-refractivity contribution in [2.75, 3.05) is 28.4 Å². The maximum absolute atomic E-state index is 14.1. The molecule has 0 radical (unpaired) electrons. The minimum atomic E-state index is -1.69. The summed E-state index contributed by atoms with van der Waals surface area (Å²) >= 11 is 0. The molecule has 5 aliphatic rings. The third-order valence-electron chi connectivity index (χ3n) is 20.2. The highest BCUT2D eigenvalue weighted by Crippen LogP contribution is 2.45. The number of rotatable bonds is 13. The van der Waals surface area contributed by atoms with Gasteiger partial charge in [-0.3, -0.25) is 14.4 Å². The van der Waals surface area contributed by atoms with Crippen LogP contribution in [0.2, 0.25) is 0 Å². The molecule has 106 heavy (non-hydrogen) atoms. The molecule has 0 aliphatic carbocycles. The molecule has 5 aliphatic heterocycles. The molecule has 4 fully saturated rings. The Labute approximate surface area is 622 Å². The minimum absolute atomic E-state index is 0.0639. The lowest BCUT2D eigenvalue weighted by molar-refractivity contribution is -0.333. The molecule has 0 aromatic heterocycles. The lowest BCUT2D eigenvalue weighted by atomic mass is 9.82. The molecular formula is C84H107NO21. The molecular weight excluding hydrogens is 1360 g/mol. The molecule has 22 heteroatoms. The van der Waals surface area contributed by atoms with Crippen LogP contribution in [0, 0.1) is 17.8 Å². The molecule has 574 valence electrons. The second kappa shape index (κ2) is 39.2. The summed E-state index contributed by atoms with van der Waals surface area (Å²) in [7, 11) is 5.76. The Hall–Kier alpha value is -7.94. The fourth-order valence-electron chi connectivity index (χ4n) is 13.9. The van der Waals surface area contributed by atoms with E-state index in [-0.39, 0.29) is 68.3 Å². The van der Waals surface area contributed by atoms with Crippen molar-refractivity contribution in [3.8, 4) is 11.5 Å². The van der Waals surface area contributed by atoms with Gasteiger partial charge in [0.1, 0.15) is 29.6 Å². The van der Waals surface area contributed by atoms with E-state index in [2.05, 4.69) is 26.1 Å². The molecule has 4 aromatic carbocycles. The number of esters is 3. The second-order valence-corrected chi connectivity index (χ2v) is 28.9. The summed E-state index contributed by atoms with van der Waals surface area (Å²) in [6.45, 7) is 13.3. The number of aliphatic hydroxyl groups is 4. The van der Waals surface area contributed by atoms with E-state index in [1.165, 1.54) is 14.2 Å². The van der Waals surface area contributed by atoms with E-state index in [4.69, 9.17) is 61.6 Å². The molecule has 9 rings (SSSR count). The molecule has 4 saturated heterocycles. The van der Waals surface area contributed by atoms with E-state index in [0.29, 0.717) is 34.6 Å². The molecule has 21 atom stereocenters. The van der Waals surface area contributed by atoms with E-state index in [1.807, 2.05) is 117 Å². The lowest BCUT2D eigenvalue weighted by Crippen LogP contribution is -2.65. The first-order valence-corrected chi connectivity index (χ1v) is 36.6. The highest BCUT2D eigenvalue weighted by Gasteiger charge is 2.54. The average molecular weight is 1470 g/mol. The predicted octanol–water partition coefficient (Wildman–Crippen LogP) is 11.6. The average Bonchev–Trinajstić information content (AvgIpc) is 0.762. The van der Waals surface area contributed by atoms with Crippen molar-refractivity contribution in [1.29, 1.82) is 0 Å². The number of cyclic esters (lactones) is 1. The smallest absolute Gasteiger partial charge is 0.338 e. The molecule has 1 amide bonds. The minimum Gasteiger partial charge on any atom is -0.497 e. The maximum Gasteiger partial charge on any atom is 0.338 e. The van der Waals surface area contributed by atoms with Crippen molar-refractivity contribution in [2.45, 2.75) is 222 Å². The van der Waals surface area contributed by atoms with Gasteiger partial charge in [-0.25, -0.2) is 4.79 Å². The molecule has 0 saturated carbocycles. The van der Waals surface area contributed by atoms with Gasteiger partial charge < -0.3 is 87.3 Å². The third kappa shape index (κ3) is 23.0. The van der Waals surface area contributed by atoms with Crippen molar-refractivity contribution < 1.29 is 101 Å². The number of fused-ring (bicyclic) bond motifs is 6. The highest BCUT2D eigenvalue weighted by molar-refractivity contribution is 5.89. The van der Waals surface area contributed by atoms with Crippen molar-refractivity contribution in [2.24, 2.45) is 17.8 Å². The first-order chi connectivity index (χ1) is 50.9. The SMILES string of the molecule is COC(=O)[C@H]1[C@@H]2C[C@@H](O[C@@H]3O[C@H](C)[C@@H](OC(=O)c4ccc(C(C)(C)C)cc4)[C@H](NC(=O)Cc4ccccc4)[C@@H]3O)/C=C/C=C/C=C/C=C/C=C/C=C/C=C/[C@H](C)[C@@H](O)[C@@H](C)[C@H](C)OC(=O)C[C@H]3C[C@@H](CC[C@@H](O)[C@H]4C[C@@H](C[C@](OC)(C[C@@H]1O)O2)OC(c1ccc(OC)cc1)O4)OC(c1ccc(OC)cc1)O3. The summed E-state index contributed by atoms with van der Waals surface area (Å²) in [6.07, 6.45) is 8.91. The third-order valence-corrected chi connectivity index (χ3v) is 20.2. The summed E-state index contributed by atoms with van der Waals surface area (Å²) in [5, 5.41) is 51.8. The van der Waals surface area contributed by atoms with Crippen LogP contribution < -0.4 is 14.8 Å². The number of allylic oxidation sites excluding steroid dienone is 12. The number of carbonyl (C=O) groups is 4. The van der Waals surface area contributed by atoms with Crippen molar-refractivity contribution in [1.82, 2.24) is 5.32 Å². The second-order valence-electron chi connectivity index (χ2n) is 28.9. The van der Waals surface area contributed by atoms with Gasteiger partial charge in [-0.2, -0.15) is 0 Å². The van der Waals surface area contributed by atoms with E-state index in [0.717, 1.165) is 5.56 Å². The first kappa shape index (κ1) is 82.1. The number of amides is 1. The molecule has 4 aromatic rings. The van der Waals surface area contributed by atoms with Gasteiger partial charge >= 0.3 is 17.9 Å². The molecule has 0 spiro atoms. The van der Waals surface area contributed by atoms with Crippen LogP contribution in [-0.2, 0) is 78.3 Å². The molecule has 5 N–H and O–H groups in total. The van der Waals surface area contributed by atoms with Crippen LogP contribution in [0.3, 0.4) is 0 Å². The van der Waals surface area contributed by atoms with Gasteiger partial charge in [0.15, 0.2) is 30.8 Å². The van der Waals surface area contributed by atoms with E-state index in [9.17, 15) is 39.6 Å². The zero-order valence-electron chi connectivity index (χ0n) is 62.5. The topological polar surface area (TPSA) is 281 Å². The number of nitrogens with one attached hydrogen (secondary N) is 1. The zero-order valence-corrected chi connectivity index (χ0v) is 62.5. The highest BCUT2D eigenvalue weighted by atomic mass is 16.7. The van der Waals surface area contributed by atoms with Crippen LogP contribution in [0.5, 0.6) is 11.5 Å². The Morgan fingerprint density at radius 3 is 1.75 bits per heavy atom. The van der Waals surface area contributed by atoms with Crippen LogP contribution in [-0.4, -0.2) is 170 Å². The number of hydrogen-bond donors (Lipinski definition) is 5. The van der Waals surface area contributed by atoms with Gasteiger partial charge in [0, 0.05) is 62.2 Å². The monoisotopic (exact) mass is 1470 g/mol. The van der Waals surface area contributed by atoms with Gasteiger partial charge in [-0.05, 0) is 79.6 Å². The van der Waals surface area contributed by atoms with Crippen LogP contribution in [0.25, 0.3) is 0 Å². The van der Waals surface area contributed by atoms with Crippen LogP contribution in [0.1, 0.15) is 145 Å². The Balaban J connectivity index is 1.04. The fraction of sp³-hybridized carbons (Fsp3) is 0.500. The normalized spacial score (nSPS) is 34.7. The Kier molecular flexibility index (Phi) is 30.4. The fourth-order valence-corrected chi connectivity index (χ4v) is 13.9. The number of benzene rings is 4. The number of ether oxygens (including phenoxy) is 13. The number of carbonyl (C=O) groups excluding carboxylic acids is 4. The zero-order chi connectivity index (χ0) is 76.1. The van der Waals surface area contributed by atoms with E-state index < -0.39 is 146 Å². The summed E-state index contributed by atoms with van der Waals surface area (Å²) in [5.74, 6) is -4.98. The quantitative estimate of drug-likeness (QED) is 0.0614. The van der Waals surface area contributed by atoms with Crippen molar-refractivity contribution in [3.05, 3.63) is 216 Å². The number of aliphatic hydroxyl groups excluding tert-OH is 4.